The van der Waals surface area contributed by atoms with Crippen LogP contribution in [0.15, 0.2) is 71.6 Å². The number of carbonyl (C=O) groups excluding carboxylic acids is 2. The summed E-state index contributed by atoms with van der Waals surface area (Å²) in [7, 11) is -4.15. The van der Waals surface area contributed by atoms with E-state index in [1.165, 1.54) is 17.0 Å². The Morgan fingerprint density at radius 1 is 0.923 bits per heavy atom. The van der Waals surface area contributed by atoms with Gasteiger partial charge in [-0.3, -0.25) is 13.9 Å². The lowest BCUT2D eigenvalue weighted by Crippen LogP contribution is -2.51. The smallest absolute Gasteiger partial charge is 0.264 e. The number of hydrogen-bond acceptors (Lipinski definition) is 4. The molecule has 1 atom stereocenters. The Morgan fingerprint density at radius 3 is 2.10 bits per heavy atom. The lowest BCUT2D eigenvalue weighted by molar-refractivity contribution is -0.139. The second-order valence-electron chi connectivity index (χ2n) is 9.68. The Morgan fingerprint density at radius 2 is 1.51 bits per heavy atom. The van der Waals surface area contributed by atoms with Crippen molar-refractivity contribution < 1.29 is 18.0 Å². The predicted molar refractivity (Wildman–Crippen MR) is 156 cm³/mol. The minimum atomic E-state index is -4.15. The number of nitrogens with one attached hydrogen (secondary N) is 1. The highest BCUT2D eigenvalue weighted by Crippen LogP contribution is 2.31. The summed E-state index contributed by atoms with van der Waals surface area (Å²) in [5, 5.41) is 3.23. The molecule has 0 radical (unpaired) electrons. The molecule has 7 nitrogen and oxygen atoms in total. The van der Waals surface area contributed by atoms with E-state index in [9.17, 15) is 18.0 Å². The van der Waals surface area contributed by atoms with E-state index in [-0.39, 0.29) is 17.3 Å². The van der Waals surface area contributed by atoms with E-state index in [4.69, 9.17) is 11.6 Å². The fraction of sp³-hybridized carbons (Fsp3) is 0.333. The molecule has 0 heterocycles. The molecule has 208 valence electrons. The number of rotatable bonds is 11. The lowest BCUT2D eigenvalue weighted by Gasteiger charge is -2.32. The summed E-state index contributed by atoms with van der Waals surface area (Å²) in [5.41, 5.74) is 3.64. The molecule has 39 heavy (non-hydrogen) atoms. The van der Waals surface area contributed by atoms with Crippen LogP contribution in [-0.2, 0) is 26.2 Å². The van der Waals surface area contributed by atoms with E-state index in [1.54, 1.807) is 44.2 Å². The van der Waals surface area contributed by atoms with E-state index in [0.717, 1.165) is 27.4 Å². The van der Waals surface area contributed by atoms with Gasteiger partial charge in [-0.2, -0.15) is 0 Å². The number of halogens is 1. The first-order valence-corrected chi connectivity index (χ1v) is 14.7. The quantitative estimate of drug-likeness (QED) is 0.335. The van der Waals surface area contributed by atoms with Crippen LogP contribution in [0.25, 0.3) is 0 Å². The van der Waals surface area contributed by atoms with E-state index < -0.39 is 28.5 Å². The summed E-state index contributed by atoms with van der Waals surface area (Å²) in [6.45, 7) is 9.26. The molecule has 0 bridgehead atoms. The second-order valence-corrected chi connectivity index (χ2v) is 12.0. The van der Waals surface area contributed by atoms with Gasteiger partial charge < -0.3 is 10.2 Å². The molecule has 1 N–H and O–H groups in total. The van der Waals surface area contributed by atoms with Crippen LogP contribution in [-0.4, -0.2) is 44.3 Å². The molecule has 0 aliphatic heterocycles. The van der Waals surface area contributed by atoms with Gasteiger partial charge in [0.25, 0.3) is 10.0 Å². The molecule has 2 amide bonds. The van der Waals surface area contributed by atoms with E-state index in [1.807, 2.05) is 45.0 Å². The van der Waals surface area contributed by atoms with E-state index in [2.05, 4.69) is 5.32 Å². The Bertz CT molecular complexity index is 1410. The maximum atomic E-state index is 14.0. The summed E-state index contributed by atoms with van der Waals surface area (Å²) in [4.78, 5) is 28.4. The maximum absolute atomic E-state index is 14.0. The van der Waals surface area contributed by atoms with Gasteiger partial charge in [0.05, 0.1) is 10.6 Å². The summed E-state index contributed by atoms with van der Waals surface area (Å²) in [6, 6.07) is 18.2. The van der Waals surface area contributed by atoms with Gasteiger partial charge in [-0.1, -0.05) is 72.1 Å². The highest BCUT2D eigenvalue weighted by atomic mass is 35.5. The monoisotopic (exact) mass is 569 g/mol. The molecule has 0 saturated heterocycles. The second kappa shape index (κ2) is 13.1. The summed E-state index contributed by atoms with van der Waals surface area (Å²) >= 11 is 6.36. The zero-order valence-electron chi connectivity index (χ0n) is 23.1. The minimum Gasteiger partial charge on any atom is -0.354 e. The summed E-state index contributed by atoms with van der Waals surface area (Å²) in [6.07, 6.45) is 0.751. The number of nitrogens with zero attached hydrogens (tertiary/aromatic N) is 2. The number of sulfonamides is 1. The summed E-state index contributed by atoms with van der Waals surface area (Å²) in [5.74, 6) is -0.811. The van der Waals surface area contributed by atoms with Crippen LogP contribution in [0.4, 0.5) is 5.69 Å². The standard InChI is InChI=1S/C30H36ClN3O4S/c1-6-18-32-30(36)24(5)33(19-25-14-10-21(2)11-15-25)29(35)20-34(28-9-7-8-27(31)23(28)4)39(37,38)26-16-12-22(3)13-17-26/h7-17,24H,6,18-20H2,1-5H3,(H,32,36). The molecule has 0 aliphatic carbocycles. The van der Waals surface area contributed by atoms with Crippen LogP contribution in [0.1, 0.15) is 42.5 Å². The molecule has 9 heteroatoms. The topological polar surface area (TPSA) is 86.8 Å². The van der Waals surface area contributed by atoms with Crippen molar-refractivity contribution in [1.29, 1.82) is 0 Å². The molecule has 3 rings (SSSR count). The average Bonchev–Trinajstić information content (AvgIpc) is 2.91. The Labute approximate surface area is 236 Å². The fourth-order valence-electron chi connectivity index (χ4n) is 4.09. The molecule has 0 spiro atoms. The number of anilines is 1. The number of benzene rings is 3. The van der Waals surface area contributed by atoms with Crippen molar-refractivity contribution in [3.63, 3.8) is 0 Å². The van der Waals surface area contributed by atoms with Gasteiger partial charge in [0.1, 0.15) is 12.6 Å². The van der Waals surface area contributed by atoms with Crippen molar-refractivity contribution in [2.24, 2.45) is 0 Å². The van der Waals surface area contributed by atoms with Gasteiger partial charge in [0.2, 0.25) is 11.8 Å². The Balaban J connectivity index is 2.05. The van der Waals surface area contributed by atoms with Crippen molar-refractivity contribution >= 4 is 39.1 Å². The van der Waals surface area contributed by atoms with Crippen molar-refractivity contribution in [2.45, 2.75) is 58.5 Å². The van der Waals surface area contributed by atoms with Crippen molar-refractivity contribution in [3.8, 4) is 0 Å². The molecule has 3 aromatic rings. The lowest BCUT2D eigenvalue weighted by atomic mass is 10.1. The summed E-state index contributed by atoms with van der Waals surface area (Å²) < 4.78 is 29.0. The largest absolute Gasteiger partial charge is 0.354 e. The number of carbonyl (C=O) groups is 2. The maximum Gasteiger partial charge on any atom is 0.264 e. The molecule has 1 unspecified atom stereocenters. The molecule has 3 aromatic carbocycles. The van der Waals surface area contributed by atoms with Gasteiger partial charge in [-0.25, -0.2) is 8.42 Å². The van der Waals surface area contributed by atoms with Crippen LogP contribution < -0.4 is 9.62 Å². The predicted octanol–water partition coefficient (Wildman–Crippen LogP) is 5.40. The van der Waals surface area contributed by atoms with Crippen LogP contribution in [0.2, 0.25) is 5.02 Å². The average molecular weight is 570 g/mol. The van der Waals surface area contributed by atoms with Gasteiger partial charge in [0.15, 0.2) is 0 Å². The number of amides is 2. The first kappa shape index (κ1) is 30.2. The minimum absolute atomic E-state index is 0.0547. The molecular formula is C30H36ClN3O4S. The Hall–Kier alpha value is -3.36. The SMILES string of the molecule is CCCNC(=O)C(C)N(Cc1ccc(C)cc1)C(=O)CN(c1cccc(Cl)c1C)S(=O)(=O)c1ccc(C)cc1. The van der Waals surface area contributed by atoms with Crippen LogP contribution in [0, 0.1) is 20.8 Å². The number of hydrogen-bond donors (Lipinski definition) is 1. The van der Waals surface area contributed by atoms with E-state index >= 15 is 0 Å². The van der Waals surface area contributed by atoms with Gasteiger partial charge in [-0.15, -0.1) is 0 Å². The van der Waals surface area contributed by atoms with Crippen LogP contribution in [0.3, 0.4) is 0 Å². The normalized spacial score (nSPS) is 12.1. The number of aryl methyl sites for hydroxylation is 2. The Kier molecular flexibility index (Phi) is 10.2. The molecule has 0 aromatic heterocycles. The first-order valence-electron chi connectivity index (χ1n) is 12.9. The van der Waals surface area contributed by atoms with Gasteiger partial charge in [-0.05, 0) is 69.5 Å². The third-order valence-electron chi connectivity index (χ3n) is 6.59. The zero-order valence-corrected chi connectivity index (χ0v) is 24.6. The molecule has 0 saturated carbocycles. The molecule has 0 fully saturated rings. The fourth-order valence-corrected chi connectivity index (χ4v) is 5.73. The van der Waals surface area contributed by atoms with E-state index in [0.29, 0.717) is 22.8 Å². The third-order valence-corrected chi connectivity index (χ3v) is 8.77. The first-order chi connectivity index (χ1) is 18.4. The van der Waals surface area contributed by atoms with Crippen LogP contribution in [0.5, 0.6) is 0 Å². The van der Waals surface area contributed by atoms with Gasteiger partial charge in [0, 0.05) is 18.1 Å². The van der Waals surface area contributed by atoms with Crippen molar-refractivity contribution in [3.05, 3.63) is 94.0 Å². The van der Waals surface area contributed by atoms with Crippen molar-refractivity contribution in [2.75, 3.05) is 17.4 Å². The highest BCUT2D eigenvalue weighted by molar-refractivity contribution is 7.92. The van der Waals surface area contributed by atoms with Crippen molar-refractivity contribution in [1.82, 2.24) is 10.2 Å². The van der Waals surface area contributed by atoms with Gasteiger partial charge >= 0.3 is 0 Å². The van der Waals surface area contributed by atoms with Crippen LogP contribution >= 0.6 is 11.6 Å². The highest BCUT2D eigenvalue weighted by Gasteiger charge is 2.33. The third kappa shape index (κ3) is 7.40. The molecular weight excluding hydrogens is 534 g/mol. The zero-order chi connectivity index (χ0) is 28.7. The molecule has 0 aliphatic rings.